The van der Waals surface area contributed by atoms with E-state index in [1.54, 1.807) is 43.3 Å². The van der Waals surface area contributed by atoms with Crippen molar-refractivity contribution in [1.82, 2.24) is 4.57 Å². The van der Waals surface area contributed by atoms with E-state index in [1.165, 1.54) is 23.0 Å². The van der Waals surface area contributed by atoms with Gasteiger partial charge in [0.25, 0.3) is 5.56 Å². The number of fused-ring (bicyclic) bond motifs is 1. The molecule has 11 heteroatoms. The highest BCUT2D eigenvalue weighted by molar-refractivity contribution is 7.07. The van der Waals surface area contributed by atoms with Gasteiger partial charge in [-0.1, -0.05) is 83.7 Å². The van der Waals surface area contributed by atoms with Gasteiger partial charge >= 0.3 is 5.97 Å². The summed E-state index contributed by atoms with van der Waals surface area (Å²) in [5.74, 6) is 0.521. The number of thiazole rings is 1. The minimum absolute atomic E-state index is 0.171. The molecule has 3 aromatic carbocycles. The predicted octanol–water partition coefficient (Wildman–Crippen LogP) is 7.13. The topological polar surface area (TPSA) is 79.1 Å². The smallest absolute Gasteiger partial charge is 0.338 e. The first-order valence-electron chi connectivity index (χ1n) is 14.0. The Kier molecular flexibility index (Phi) is 10.2. The lowest BCUT2D eigenvalue weighted by molar-refractivity contribution is -0.139. The van der Waals surface area contributed by atoms with Crippen LogP contribution in [0.3, 0.4) is 0 Å². The molecule has 0 aliphatic carbocycles. The average Bonchev–Trinajstić information content (AvgIpc) is 3.32. The van der Waals surface area contributed by atoms with Crippen LogP contribution in [0.2, 0.25) is 15.1 Å². The molecule has 1 atom stereocenters. The van der Waals surface area contributed by atoms with E-state index >= 15 is 0 Å². The molecule has 5 rings (SSSR count). The number of para-hydroxylation sites is 1. The first kappa shape index (κ1) is 31.9. The number of aromatic nitrogens is 1. The molecule has 7 nitrogen and oxygen atoms in total. The maximum absolute atomic E-state index is 14.2. The molecule has 0 saturated carbocycles. The van der Waals surface area contributed by atoms with Gasteiger partial charge in [0.2, 0.25) is 0 Å². The van der Waals surface area contributed by atoms with Crippen LogP contribution in [0.1, 0.15) is 49.4 Å². The van der Waals surface area contributed by atoms with Crippen LogP contribution < -0.4 is 24.4 Å². The monoisotopic (exact) mass is 670 g/mol. The Balaban J connectivity index is 1.66. The van der Waals surface area contributed by atoms with Crippen LogP contribution in [0.25, 0.3) is 6.08 Å². The van der Waals surface area contributed by atoms with Crippen LogP contribution in [0.15, 0.2) is 81.7 Å². The van der Waals surface area contributed by atoms with E-state index in [0.29, 0.717) is 64.7 Å². The van der Waals surface area contributed by atoms with Crippen molar-refractivity contribution in [1.29, 1.82) is 0 Å². The number of hydrogen-bond donors (Lipinski definition) is 0. The molecular weight excluding hydrogens is 643 g/mol. The van der Waals surface area contributed by atoms with Crippen LogP contribution in [0.4, 0.5) is 0 Å². The van der Waals surface area contributed by atoms with Gasteiger partial charge in [-0.2, -0.15) is 0 Å². The van der Waals surface area contributed by atoms with Gasteiger partial charge in [-0.15, -0.1) is 0 Å². The zero-order valence-electron chi connectivity index (χ0n) is 24.2. The summed E-state index contributed by atoms with van der Waals surface area (Å²) < 4.78 is 19.2. The average molecular weight is 672 g/mol. The van der Waals surface area contributed by atoms with Gasteiger partial charge in [0.05, 0.1) is 39.6 Å². The maximum atomic E-state index is 14.2. The molecule has 0 bridgehead atoms. The second kappa shape index (κ2) is 14.0. The fourth-order valence-electron chi connectivity index (χ4n) is 5.00. The second-order valence-corrected chi connectivity index (χ2v) is 12.1. The lowest BCUT2D eigenvalue weighted by Gasteiger charge is -2.27. The number of nitrogens with zero attached hydrogens (tertiary/aromatic N) is 2. The van der Waals surface area contributed by atoms with Crippen molar-refractivity contribution in [3.8, 4) is 11.5 Å². The zero-order chi connectivity index (χ0) is 31.4. The number of rotatable bonds is 10. The van der Waals surface area contributed by atoms with E-state index in [2.05, 4.69) is 0 Å². The number of halogens is 3. The molecule has 4 aromatic rings. The fourth-order valence-corrected chi connectivity index (χ4v) is 6.51. The van der Waals surface area contributed by atoms with Crippen molar-refractivity contribution in [3.05, 3.63) is 123 Å². The van der Waals surface area contributed by atoms with Crippen molar-refractivity contribution in [2.75, 3.05) is 13.7 Å². The normalized spacial score (nSPS) is 14.7. The van der Waals surface area contributed by atoms with E-state index in [1.807, 2.05) is 37.3 Å². The third-order valence-corrected chi connectivity index (χ3v) is 8.92. The van der Waals surface area contributed by atoms with Crippen molar-refractivity contribution in [3.63, 3.8) is 0 Å². The largest absolute Gasteiger partial charge is 0.496 e. The first-order chi connectivity index (χ1) is 21.2. The van der Waals surface area contributed by atoms with E-state index < -0.39 is 12.0 Å². The van der Waals surface area contributed by atoms with E-state index in [-0.39, 0.29) is 18.8 Å². The molecule has 228 valence electrons. The Labute approximate surface area is 273 Å². The second-order valence-electron chi connectivity index (χ2n) is 9.87. The van der Waals surface area contributed by atoms with Gasteiger partial charge in [-0.3, -0.25) is 9.36 Å². The van der Waals surface area contributed by atoms with Gasteiger partial charge in [-0.05, 0) is 61.4 Å². The predicted molar refractivity (Wildman–Crippen MR) is 175 cm³/mol. The van der Waals surface area contributed by atoms with Crippen molar-refractivity contribution >= 4 is 58.2 Å². The van der Waals surface area contributed by atoms with Gasteiger partial charge in [0.15, 0.2) is 4.80 Å². The van der Waals surface area contributed by atoms with Gasteiger partial charge in [-0.25, -0.2) is 9.79 Å². The van der Waals surface area contributed by atoms with Gasteiger partial charge < -0.3 is 14.2 Å². The first-order valence-corrected chi connectivity index (χ1v) is 15.9. The summed E-state index contributed by atoms with van der Waals surface area (Å²) in [4.78, 5) is 33.0. The Hall–Kier alpha value is -3.56. The highest BCUT2D eigenvalue weighted by Gasteiger charge is 2.36. The van der Waals surface area contributed by atoms with Crippen LogP contribution in [0, 0.1) is 0 Å². The van der Waals surface area contributed by atoms with E-state index in [9.17, 15) is 9.59 Å². The lowest BCUT2D eigenvalue weighted by atomic mass is 9.93. The number of esters is 1. The Bertz CT molecular complexity index is 1930. The van der Waals surface area contributed by atoms with Gasteiger partial charge in [0, 0.05) is 16.1 Å². The SMILES string of the molecule is CCCC1=C(C(=O)OCC)[C@H](c2cc(Cl)ccc2OC)n2c(s/c(=C/c3ccccc3OCc3ccc(Cl)c(Cl)c3)c2=O)=N1. The molecule has 2 heterocycles. The molecule has 0 radical (unpaired) electrons. The highest BCUT2D eigenvalue weighted by Crippen LogP contribution is 2.38. The van der Waals surface area contributed by atoms with Crippen LogP contribution in [-0.2, 0) is 16.1 Å². The molecule has 0 saturated heterocycles. The molecule has 0 amide bonds. The standard InChI is InChI=1S/C33H29Cl3N2O5S/c1-4-8-25-29(32(40)42-5-2)30(22-17-21(34)12-14-27(22)41-3)38-31(39)28(44-33(38)37-25)16-20-9-6-7-10-26(20)43-18-19-11-13-23(35)24(36)15-19/h6-7,9-17,30H,4-5,8,18H2,1-3H3/b28-16+/t30-/m0/s1. The lowest BCUT2D eigenvalue weighted by Crippen LogP contribution is -2.40. The molecule has 0 fully saturated rings. The minimum Gasteiger partial charge on any atom is -0.496 e. The number of ether oxygens (including phenoxy) is 3. The molecule has 44 heavy (non-hydrogen) atoms. The Morgan fingerprint density at radius 3 is 2.55 bits per heavy atom. The Morgan fingerprint density at radius 1 is 1.02 bits per heavy atom. The van der Waals surface area contributed by atoms with Crippen LogP contribution in [0.5, 0.6) is 11.5 Å². The number of hydrogen-bond acceptors (Lipinski definition) is 7. The number of benzene rings is 3. The highest BCUT2D eigenvalue weighted by atomic mass is 35.5. The Morgan fingerprint density at radius 2 is 1.82 bits per heavy atom. The molecule has 0 N–H and O–H groups in total. The maximum Gasteiger partial charge on any atom is 0.338 e. The molecule has 1 aliphatic rings. The van der Waals surface area contributed by atoms with E-state index in [0.717, 1.165) is 12.0 Å². The zero-order valence-corrected chi connectivity index (χ0v) is 27.3. The molecule has 1 aliphatic heterocycles. The van der Waals surface area contributed by atoms with Crippen molar-refractivity contribution < 1.29 is 19.0 Å². The van der Waals surface area contributed by atoms with Crippen LogP contribution >= 0.6 is 46.1 Å². The van der Waals surface area contributed by atoms with E-state index in [4.69, 9.17) is 54.0 Å². The minimum atomic E-state index is -0.858. The summed E-state index contributed by atoms with van der Waals surface area (Å²) >= 11 is 19.9. The summed E-state index contributed by atoms with van der Waals surface area (Å²) in [7, 11) is 1.53. The molecule has 0 unspecified atom stereocenters. The number of carbonyl (C=O) groups is 1. The van der Waals surface area contributed by atoms with Crippen molar-refractivity contribution in [2.45, 2.75) is 39.3 Å². The summed E-state index contributed by atoms with van der Waals surface area (Å²) in [5.41, 5.74) is 2.64. The van der Waals surface area contributed by atoms with Crippen LogP contribution in [-0.4, -0.2) is 24.3 Å². The molecule has 1 aromatic heterocycles. The van der Waals surface area contributed by atoms with Crippen molar-refractivity contribution in [2.24, 2.45) is 4.99 Å². The number of methoxy groups -OCH3 is 1. The molecular formula is C33H29Cl3N2O5S. The quantitative estimate of drug-likeness (QED) is 0.168. The molecule has 0 spiro atoms. The number of carbonyl (C=O) groups excluding carboxylic acids is 1. The fraction of sp³-hybridized carbons (Fsp3) is 0.242. The summed E-state index contributed by atoms with van der Waals surface area (Å²) in [6.45, 7) is 4.17. The van der Waals surface area contributed by atoms with Gasteiger partial charge in [0.1, 0.15) is 24.1 Å². The summed E-state index contributed by atoms with van der Waals surface area (Å²) in [6.07, 6.45) is 3.02. The third-order valence-electron chi connectivity index (χ3n) is 6.96. The third kappa shape index (κ3) is 6.59. The summed E-state index contributed by atoms with van der Waals surface area (Å²) in [6, 6.07) is 17.0. The number of allylic oxidation sites excluding steroid dienone is 1. The summed E-state index contributed by atoms with van der Waals surface area (Å²) in [5, 5.41) is 1.35.